The second-order valence-corrected chi connectivity index (χ2v) is 8.50. The summed E-state index contributed by atoms with van der Waals surface area (Å²) in [6.45, 7) is 6.42. The molecule has 7 nitrogen and oxygen atoms in total. The fourth-order valence-electron chi connectivity index (χ4n) is 2.62. The van der Waals surface area contributed by atoms with Crippen molar-refractivity contribution in [2.75, 3.05) is 18.5 Å². The van der Waals surface area contributed by atoms with E-state index in [1.807, 2.05) is 63.2 Å². The van der Waals surface area contributed by atoms with E-state index >= 15 is 0 Å². The molecular weight excluding hydrogens is 448 g/mol. The third-order valence-electron chi connectivity index (χ3n) is 3.91. The van der Waals surface area contributed by atoms with Gasteiger partial charge in [-0.15, -0.1) is 0 Å². The van der Waals surface area contributed by atoms with Gasteiger partial charge in [0.15, 0.2) is 5.65 Å². The highest BCUT2D eigenvalue weighted by molar-refractivity contribution is 9.10. The largest absolute Gasteiger partial charge is 0.492 e. The number of aromatic nitrogens is 2. The lowest BCUT2D eigenvalue weighted by Crippen LogP contribution is -2.33. The number of carbonyl (C=O) groups is 1. The van der Waals surface area contributed by atoms with E-state index in [0.29, 0.717) is 36.8 Å². The normalized spacial score (nSPS) is 11.2. The summed E-state index contributed by atoms with van der Waals surface area (Å²) in [7, 11) is 0. The maximum atomic E-state index is 11.6. The first-order valence-electron chi connectivity index (χ1n) is 9.68. The second kappa shape index (κ2) is 9.75. The lowest BCUT2D eigenvalue weighted by Gasteiger charge is -2.19. The van der Waals surface area contributed by atoms with Gasteiger partial charge >= 0.3 is 6.09 Å². The molecule has 2 N–H and O–H groups in total. The van der Waals surface area contributed by atoms with E-state index in [1.54, 1.807) is 6.20 Å². The zero-order valence-corrected chi connectivity index (χ0v) is 18.8. The first-order valence-corrected chi connectivity index (χ1v) is 10.5. The van der Waals surface area contributed by atoms with Crippen molar-refractivity contribution in [3.05, 3.63) is 53.1 Å². The third-order valence-corrected chi connectivity index (χ3v) is 4.57. The van der Waals surface area contributed by atoms with Crippen LogP contribution >= 0.6 is 15.9 Å². The molecule has 0 unspecified atom stereocenters. The minimum absolute atomic E-state index is 0.424. The highest BCUT2D eigenvalue weighted by atomic mass is 79.9. The smallest absolute Gasteiger partial charge is 0.407 e. The first kappa shape index (κ1) is 21.8. The number of carbonyl (C=O) groups excluding carboxylic acids is 1. The Bertz CT molecular complexity index is 1020. The van der Waals surface area contributed by atoms with Gasteiger partial charge in [-0.1, -0.05) is 0 Å². The lowest BCUT2D eigenvalue weighted by molar-refractivity contribution is 0.0525. The number of nitrogens with zero attached hydrogens (tertiary/aromatic N) is 2. The summed E-state index contributed by atoms with van der Waals surface area (Å²) in [4.78, 5) is 20.5. The van der Waals surface area contributed by atoms with Crippen LogP contribution in [0.15, 0.2) is 53.1 Å². The molecule has 0 aliphatic carbocycles. The molecule has 0 atom stereocenters. The molecule has 0 spiro atoms. The molecule has 158 valence electrons. The van der Waals surface area contributed by atoms with Crippen LogP contribution < -0.4 is 15.4 Å². The molecule has 8 heteroatoms. The van der Waals surface area contributed by atoms with E-state index in [1.165, 1.54) is 0 Å². The van der Waals surface area contributed by atoms with Crippen LogP contribution in [0.3, 0.4) is 0 Å². The third kappa shape index (κ3) is 6.59. The van der Waals surface area contributed by atoms with E-state index in [-0.39, 0.29) is 0 Å². The number of anilines is 2. The summed E-state index contributed by atoms with van der Waals surface area (Å²) in [5.41, 5.74) is 1.03. The molecule has 0 radical (unpaired) electrons. The van der Waals surface area contributed by atoms with Crippen LogP contribution in [0.5, 0.6) is 5.75 Å². The number of fused-ring (bicyclic) bond motifs is 1. The Balaban J connectivity index is 1.52. The van der Waals surface area contributed by atoms with Gasteiger partial charge in [0.05, 0.1) is 11.1 Å². The molecule has 0 aliphatic rings. The van der Waals surface area contributed by atoms with Crippen molar-refractivity contribution in [2.45, 2.75) is 32.8 Å². The molecule has 0 fully saturated rings. The molecule has 3 aromatic rings. The predicted molar refractivity (Wildman–Crippen MR) is 121 cm³/mol. The van der Waals surface area contributed by atoms with Crippen molar-refractivity contribution >= 4 is 44.6 Å². The van der Waals surface area contributed by atoms with Gasteiger partial charge in [-0.3, -0.25) is 0 Å². The number of hydrogen-bond donors (Lipinski definition) is 2. The van der Waals surface area contributed by atoms with Gasteiger partial charge in [-0.2, -0.15) is 0 Å². The monoisotopic (exact) mass is 472 g/mol. The quantitative estimate of drug-likeness (QED) is 0.445. The Hall–Kier alpha value is -2.87. The average Bonchev–Trinajstić information content (AvgIpc) is 2.68. The first-order chi connectivity index (χ1) is 14.3. The number of nitrogens with one attached hydrogen (secondary N) is 2. The van der Waals surface area contributed by atoms with Gasteiger partial charge in [-0.25, -0.2) is 14.8 Å². The van der Waals surface area contributed by atoms with Gasteiger partial charge < -0.3 is 20.1 Å². The maximum Gasteiger partial charge on any atom is 0.407 e. The minimum Gasteiger partial charge on any atom is -0.492 e. The molecule has 0 bridgehead atoms. The number of alkyl carbamates (subject to hydrolysis) is 1. The van der Waals surface area contributed by atoms with E-state index < -0.39 is 11.7 Å². The molecule has 2 heterocycles. The summed E-state index contributed by atoms with van der Waals surface area (Å²) in [6, 6.07) is 13.5. The number of rotatable bonds is 7. The number of halogens is 1. The summed E-state index contributed by atoms with van der Waals surface area (Å²) in [6.07, 6.45) is 1.95. The number of pyridine rings is 2. The second-order valence-electron chi connectivity index (χ2n) is 7.65. The van der Waals surface area contributed by atoms with Crippen molar-refractivity contribution in [3.8, 4) is 5.75 Å². The molecule has 2 aromatic heterocycles. The van der Waals surface area contributed by atoms with Gasteiger partial charge in [0.25, 0.3) is 0 Å². The van der Waals surface area contributed by atoms with Crippen LogP contribution in [0.4, 0.5) is 16.3 Å². The Morgan fingerprint density at radius 2 is 2.00 bits per heavy atom. The van der Waals surface area contributed by atoms with E-state index in [4.69, 9.17) is 9.47 Å². The Kier molecular flexibility index (Phi) is 7.10. The molecule has 0 saturated carbocycles. The summed E-state index contributed by atoms with van der Waals surface area (Å²) < 4.78 is 11.9. The van der Waals surface area contributed by atoms with Crippen molar-refractivity contribution < 1.29 is 14.3 Å². The van der Waals surface area contributed by atoms with Crippen LogP contribution in [0.2, 0.25) is 0 Å². The predicted octanol–water partition coefficient (Wildman–Crippen LogP) is 5.43. The summed E-state index contributed by atoms with van der Waals surface area (Å²) in [5, 5.41) is 6.98. The van der Waals surface area contributed by atoms with Gasteiger partial charge in [0, 0.05) is 29.9 Å². The molecule has 0 aliphatic heterocycles. The van der Waals surface area contributed by atoms with Crippen molar-refractivity contribution in [1.82, 2.24) is 15.3 Å². The van der Waals surface area contributed by atoms with Crippen LogP contribution in [0.25, 0.3) is 11.0 Å². The standard InChI is InChI=1S/C22H25BrN4O3/c1-22(2,3)30-21(28)25-12-5-13-29-18-14-16(8-9-17(18)23)26-19-10-7-15-6-4-11-24-20(15)27-19/h4,6-11,14H,5,12-13H2,1-3H3,(H,25,28)(H,24,26,27). The number of benzene rings is 1. The molecule has 3 rings (SSSR count). The van der Waals surface area contributed by atoms with E-state index in [0.717, 1.165) is 15.5 Å². The summed E-state index contributed by atoms with van der Waals surface area (Å²) >= 11 is 3.51. The van der Waals surface area contributed by atoms with Crippen LogP contribution in [0, 0.1) is 0 Å². The zero-order valence-electron chi connectivity index (χ0n) is 17.2. The average molecular weight is 473 g/mol. The minimum atomic E-state index is -0.505. The molecular formula is C22H25BrN4O3. The van der Waals surface area contributed by atoms with Gasteiger partial charge in [-0.05, 0) is 79.5 Å². The maximum absolute atomic E-state index is 11.6. The topological polar surface area (TPSA) is 85.4 Å². The summed E-state index contributed by atoms with van der Waals surface area (Å²) in [5.74, 6) is 1.41. The Labute approximate surface area is 184 Å². The van der Waals surface area contributed by atoms with Crippen LogP contribution in [-0.4, -0.2) is 34.8 Å². The zero-order chi connectivity index (χ0) is 21.6. The number of ether oxygens (including phenoxy) is 2. The van der Waals surface area contributed by atoms with Gasteiger partial charge in [0.1, 0.15) is 17.2 Å². The Morgan fingerprint density at radius 3 is 2.80 bits per heavy atom. The van der Waals surface area contributed by atoms with E-state index in [2.05, 4.69) is 36.5 Å². The van der Waals surface area contributed by atoms with Crippen molar-refractivity contribution in [3.63, 3.8) is 0 Å². The number of amides is 1. The highest BCUT2D eigenvalue weighted by Gasteiger charge is 2.15. The Morgan fingerprint density at radius 1 is 1.17 bits per heavy atom. The van der Waals surface area contributed by atoms with Crippen LogP contribution in [0.1, 0.15) is 27.2 Å². The highest BCUT2D eigenvalue weighted by Crippen LogP contribution is 2.30. The fraction of sp³-hybridized carbons (Fsp3) is 0.318. The SMILES string of the molecule is CC(C)(C)OC(=O)NCCCOc1cc(Nc2ccc3cccnc3n2)ccc1Br. The molecule has 30 heavy (non-hydrogen) atoms. The molecule has 0 saturated heterocycles. The molecule has 1 amide bonds. The lowest BCUT2D eigenvalue weighted by atomic mass is 10.2. The van der Waals surface area contributed by atoms with E-state index in [9.17, 15) is 4.79 Å². The molecule has 1 aromatic carbocycles. The number of hydrogen-bond acceptors (Lipinski definition) is 6. The van der Waals surface area contributed by atoms with Gasteiger partial charge in [0.2, 0.25) is 0 Å². The fourth-order valence-corrected chi connectivity index (χ4v) is 2.98. The van der Waals surface area contributed by atoms with Crippen molar-refractivity contribution in [2.24, 2.45) is 0 Å². The van der Waals surface area contributed by atoms with Crippen LogP contribution in [-0.2, 0) is 4.74 Å². The van der Waals surface area contributed by atoms with Crippen molar-refractivity contribution in [1.29, 1.82) is 0 Å².